The Hall–Kier alpha value is -1.72. The average molecular weight is 262 g/mol. The number of aryl methyl sites for hydroxylation is 1. The van der Waals surface area contributed by atoms with Gasteiger partial charge in [-0.1, -0.05) is 6.07 Å². The molecule has 0 fully saturated rings. The minimum absolute atomic E-state index is 0.0126. The van der Waals surface area contributed by atoms with Crippen LogP contribution < -0.4 is 9.47 Å². The molecule has 18 heavy (non-hydrogen) atoms. The van der Waals surface area contributed by atoms with Crippen LogP contribution in [0.4, 0.5) is 13.2 Å². The topological polar surface area (TPSA) is 35.5 Å². The van der Waals surface area contributed by atoms with Crippen molar-refractivity contribution in [1.29, 1.82) is 0 Å². The maximum absolute atomic E-state index is 12.0. The van der Waals surface area contributed by atoms with E-state index in [1.165, 1.54) is 14.2 Å². The van der Waals surface area contributed by atoms with Gasteiger partial charge in [0, 0.05) is 6.42 Å². The molecule has 1 aromatic carbocycles. The lowest BCUT2D eigenvalue weighted by Gasteiger charge is -2.09. The van der Waals surface area contributed by atoms with Crippen LogP contribution in [-0.4, -0.2) is 26.2 Å². The monoisotopic (exact) mass is 262 g/mol. The van der Waals surface area contributed by atoms with Gasteiger partial charge in [0.15, 0.2) is 11.5 Å². The summed E-state index contributed by atoms with van der Waals surface area (Å²) in [5.41, 5.74) is 0.588. The number of halogens is 3. The predicted molar refractivity (Wildman–Crippen MR) is 58.9 cm³/mol. The average Bonchev–Trinajstić information content (AvgIpc) is 2.34. The van der Waals surface area contributed by atoms with Gasteiger partial charge in [-0.2, -0.15) is 13.2 Å². The molecule has 1 rings (SSSR count). The van der Waals surface area contributed by atoms with Crippen molar-refractivity contribution in [2.75, 3.05) is 14.2 Å². The van der Waals surface area contributed by atoms with Gasteiger partial charge < -0.3 is 9.47 Å². The second-order valence-corrected chi connectivity index (χ2v) is 3.61. The Kier molecular flexibility index (Phi) is 4.58. The summed E-state index contributed by atoms with van der Waals surface area (Å²) in [4.78, 5) is 10.7. The normalized spacial score (nSPS) is 11.2. The zero-order valence-electron chi connectivity index (χ0n) is 10.0. The summed E-state index contributed by atoms with van der Waals surface area (Å²) in [6.07, 6.45) is -5.33. The molecular weight excluding hydrogens is 249 g/mol. The molecule has 0 unspecified atom stereocenters. The summed E-state index contributed by atoms with van der Waals surface area (Å²) in [7, 11) is 2.90. The number of Topliss-reactive ketones (excluding diaryl/α,β-unsaturated/α-hetero) is 1. The Labute approximate surface area is 103 Å². The number of benzene rings is 1. The summed E-state index contributed by atoms with van der Waals surface area (Å²) in [5, 5.41) is 0. The Morgan fingerprint density at radius 3 is 2.28 bits per heavy atom. The first-order valence-electron chi connectivity index (χ1n) is 5.19. The van der Waals surface area contributed by atoms with Crippen molar-refractivity contribution in [3.05, 3.63) is 23.8 Å². The summed E-state index contributed by atoms with van der Waals surface area (Å²) >= 11 is 0. The second kappa shape index (κ2) is 5.75. The fourth-order valence-electron chi connectivity index (χ4n) is 1.44. The van der Waals surface area contributed by atoms with Gasteiger partial charge in [-0.25, -0.2) is 0 Å². The number of carbonyl (C=O) groups excluding carboxylic acids is 1. The minimum atomic E-state index is -4.77. The van der Waals surface area contributed by atoms with Crippen molar-refractivity contribution in [3.63, 3.8) is 0 Å². The van der Waals surface area contributed by atoms with Crippen molar-refractivity contribution in [3.8, 4) is 11.5 Å². The van der Waals surface area contributed by atoms with E-state index in [4.69, 9.17) is 9.47 Å². The fraction of sp³-hybridized carbons (Fsp3) is 0.417. The minimum Gasteiger partial charge on any atom is -0.493 e. The zero-order chi connectivity index (χ0) is 13.8. The molecule has 1 aromatic rings. The van der Waals surface area contributed by atoms with Crippen LogP contribution in [0.2, 0.25) is 0 Å². The molecule has 0 bridgehead atoms. The van der Waals surface area contributed by atoms with E-state index in [0.29, 0.717) is 17.1 Å². The van der Waals surface area contributed by atoms with E-state index >= 15 is 0 Å². The molecule has 0 aliphatic carbocycles. The number of ether oxygens (including phenoxy) is 2. The molecule has 0 heterocycles. The first kappa shape index (κ1) is 14.3. The summed E-state index contributed by atoms with van der Waals surface area (Å²) in [6, 6.07) is 4.75. The smallest absolute Gasteiger partial charge is 0.449 e. The number of carbonyl (C=O) groups is 1. The highest BCUT2D eigenvalue weighted by atomic mass is 19.4. The third kappa shape index (κ3) is 3.65. The molecule has 0 aromatic heterocycles. The van der Waals surface area contributed by atoms with Gasteiger partial charge in [0.2, 0.25) is 5.78 Å². The quantitative estimate of drug-likeness (QED) is 0.818. The molecule has 0 amide bonds. The Morgan fingerprint density at radius 1 is 1.17 bits per heavy atom. The lowest BCUT2D eigenvalue weighted by molar-refractivity contribution is -0.171. The molecule has 0 atom stereocenters. The van der Waals surface area contributed by atoms with Crippen molar-refractivity contribution in [2.24, 2.45) is 0 Å². The highest BCUT2D eigenvalue weighted by Crippen LogP contribution is 2.28. The van der Waals surface area contributed by atoms with E-state index < -0.39 is 18.4 Å². The van der Waals surface area contributed by atoms with Crippen LogP contribution in [0, 0.1) is 0 Å². The van der Waals surface area contributed by atoms with E-state index in [1.807, 2.05) is 0 Å². The van der Waals surface area contributed by atoms with Gasteiger partial charge in [0.25, 0.3) is 0 Å². The molecule has 0 aliphatic heterocycles. The third-order valence-corrected chi connectivity index (χ3v) is 2.40. The van der Waals surface area contributed by atoms with Crippen LogP contribution in [0.3, 0.4) is 0 Å². The Bertz CT molecular complexity index is 427. The van der Waals surface area contributed by atoms with Gasteiger partial charge >= 0.3 is 6.18 Å². The van der Waals surface area contributed by atoms with Crippen LogP contribution in [0.25, 0.3) is 0 Å². The third-order valence-electron chi connectivity index (χ3n) is 2.40. The predicted octanol–water partition coefficient (Wildman–Crippen LogP) is 2.77. The van der Waals surface area contributed by atoms with E-state index in [1.54, 1.807) is 18.2 Å². The maximum atomic E-state index is 12.0. The largest absolute Gasteiger partial charge is 0.493 e. The first-order valence-corrected chi connectivity index (χ1v) is 5.19. The molecule has 0 spiro atoms. The molecular formula is C12H13F3O3. The van der Waals surface area contributed by atoms with Crippen LogP contribution >= 0.6 is 0 Å². The number of hydrogen-bond donors (Lipinski definition) is 0. The summed E-state index contributed by atoms with van der Waals surface area (Å²) < 4.78 is 46.1. The molecule has 0 radical (unpaired) electrons. The van der Waals surface area contributed by atoms with Gasteiger partial charge in [-0.05, 0) is 24.1 Å². The van der Waals surface area contributed by atoms with E-state index in [2.05, 4.69) is 0 Å². The maximum Gasteiger partial charge on any atom is 0.449 e. The molecule has 3 nitrogen and oxygen atoms in total. The molecule has 6 heteroatoms. The summed E-state index contributed by atoms with van der Waals surface area (Å²) in [6.45, 7) is 0. The lowest BCUT2D eigenvalue weighted by atomic mass is 10.1. The van der Waals surface area contributed by atoms with E-state index in [9.17, 15) is 18.0 Å². The number of alkyl halides is 3. The highest BCUT2D eigenvalue weighted by Gasteiger charge is 2.37. The van der Waals surface area contributed by atoms with Crippen molar-refractivity contribution < 1.29 is 27.4 Å². The zero-order valence-corrected chi connectivity index (χ0v) is 10.0. The molecule has 0 saturated heterocycles. The second-order valence-electron chi connectivity index (χ2n) is 3.61. The summed E-state index contributed by atoms with van der Waals surface area (Å²) in [5.74, 6) is -0.810. The van der Waals surface area contributed by atoms with Gasteiger partial charge in [0.05, 0.1) is 14.2 Å². The van der Waals surface area contributed by atoms with E-state index in [0.717, 1.165) is 0 Å². The van der Waals surface area contributed by atoms with Gasteiger partial charge in [-0.3, -0.25) is 4.79 Å². The Morgan fingerprint density at radius 2 is 1.78 bits per heavy atom. The van der Waals surface area contributed by atoms with Crippen LogP contribution in [0.5, 0.6) is 11.5 Å². The Balaban J connectivity index is 2.72. The van der Waals surface area contributed by atoms with Gasteiger partial charge in [-0.15, -0.1) is 0 Å². The number of methoxy groups -OCH3 is 2. The standard InChI is InChI=1S/C12H13F3O3/c1-17-9-5-3-8(7-10(9)18-2)4-6-11(16)12(13,14)15/h3,5,7H,4,6H2,1-2H3. The number of rotatable bonds is 5. The molecule has 100 valence electrons. The number of hydrogen-bond acceptors (Lipinski definition) is 3. The van der Waals surface area contributed by atoms with Crippen LogP contribution in [0.1, 0.15) is 12.0 Å². The SMILES string of the molecule is COc1ccc(CCC(=O)C(F)(F)F)cc1OC. The van der Waals surface area contributed by atoms with Crippen molar-refractivity contribution in [1.82, 2.24) is 0 Å². The molecule has 0 saturated carbocycles. The van der Waals surface area contributed by atoms with Crippen molar-refractivity contribution >= 4 is 5.78 Å². The van der Waals surface area contributed by atoms with Gasteiger partial charge in [0.1, 0.15) is 0 Å². The molecule has 0 N–H and O–H groups in total. The van der Waals surface area contributed by atoms with Crippen LogP contribution in [0.15, 0.2) is 18.2 Å². The van der Waals surface area contributed by atoms with Crippen molar-refractivity contribution in [2.45, 2.75) is 19.0 Å². The molecule has 0 aliphatic rings. The number of ketones is 1. The van der Waals surface area contributed by atoms with E-state index in [-0.39, 0.29) is 6.42 Å². The fourth-order valence-corrected chi connectivity index (χ4v) is 1.44. The first-order chi connectivity index (χ1) is 8.38. The lowest BCUT2D eigenvalue weighted by Crippen LogP contribution is -2.22. The van der Waals surface area contributed by atoms with Crippen LogP contribution in [-0.2, 0) is 11.2 Å². The highest BCUT2D eigenvalue weighted by molar-refractivity contribution is 5.84.